The second-order valence-electron chi connectivity index (χ2n) is 4.72. The zero-order valence-electron chi connectivity index (χ0n) is 12.2. The molecule has 2 rings (SSSR count). The fourth-order valence-electron chi connectivity index (χ4n) is 2.32. The molecule has 22 heavy (non-hydrogen) atoms. The van der Waals surface area contributed by atoms with Crippen molar-refractivity contribution in [2.45, 2.75) is 12.2 Å². The maximum atomic E-state index is 11.7. The van der Waals surface area contributed by atoms with Gasteiger partial charge in [0.05, 0.1) is 17.3 Å². The molecule has 0 amide bonds. The Morgan fingerprint density at radius 1 is 1.45 bits per heavy atom. The quantitative estimate of drug-likeness (QED) is 0.515. The van der Waals surface area contributed by atoms with Crippen LogP contribution in [-0.4, -0.2) is 34.2 Å². The standard InChI is InChI=1S/C14H17N3O3S.ClH/c1-10(18)16-8-12(11-4-2-3-5-13(11)16)14(9-17(19)20)21-7-6-15;/h2-5,8,14H,6-7,9,15H2,1H3;1H. The highest BCUT2D eigenvalue weighted by atomic mass is 35.5. The van der Waals surface area contributed by atoms with E-state index in [1.807, 2.05) is 24.3 Å². The van der Waals surface area contributed by atoms with Crippen molar-refractivity contribution in [1.82, 2.24) is 4.57 Å². The summed E-state index contributed by atoms with van der Waals surface area (Å²) in [5.41, 5.74) is 5.41. The molecule has 1 atom stereocenters. The molecule has 0 aliphatic rings. The van der Waals surface area contributed by atoms with Crippen LogP contribution in [0.25, 0.3) is 10.9 Å². The van der Waals surface area contributed by atoms with E-state index in [1.54, 1.807) is 10.8 Å². The normalized spacial score (nSPS) is 11.9. The maximum absolute atomic E-state index is 11.7. The van der Waals surface area contributed by atoms with E-state index in [9.17, 15) is 14.9 Å². The van der Waals surface area contributed by atoms with Gasteiger partial charge in [0, 0.05) is 29.2 Å². The summed E-state index contributed by atoms with van der Waals surface area (Å²) in [5, 5.41) is 11.6. The van der Waals surface area contributed by atoms with Gasteiger partial charge >= 0.3 is 0 Å². The molecule has 0 aliphatic carbocycles. The first-order valence-corrected chi connectivity index (χ1v) is 7.73. The molecule has 0 aliphatic heterocycles. The Bertz CT molecular complexity index is 674. The van der Waals surface area contributed by atoms with E-state index in [0.29, 0.717) is 6.54 Å². The molecule has 6 nitrogen and oxygen atoms in total. The fourth-order valence-corrected chi connectivity index (χ4v) is 3.37. The van der Waals surface area contributed by atoms with Crippen LogP contribution in [0.15, 0.2) is 30.5 Å². The fraction of sp³-hybridized carbons (Fsp3) is 0.357. The molecule has 120 valence electrons. The van der Waals surface area contributed by atoms with E-state index >= 15 is 0 Å². The van der Waals surface area contributed by atoms with Crippen LogP contribution in [0.2, 0.25) is 0 Å². The number of rotatable bonds is 6. The monoisotopic (exact) mass is 343 g/mol. The Morgan fingerprint density at radius 3 is 2.73 bits per heavy atom. The lowest BCUT2D eigenvalue weighted by Gasteiger charge is -2.10. The number of nitro groups is 1. The van der Waals surface area contributed by atoms with E-state index in [1.165, 1.54) is 18.7 Å². The topological polar surface area (TPSA) is 92.8 Å². The molecule has 1 unspecified atom stereocenters. The second kappa shape index (κ2) is 8.17. The number of hydrogen-bond acceptors (Lipinski definition) is 4. The molecule has 0 bridgehead atoms. The van der Waals surface area contributed by atoms with Gasteiger partial charge in [0.25, 0.3) is 0 Å². The molecule has 0 spiro atoms. The van der Waals surface area contributed by atoms with Gasteiger partial charge in [-0.1, -0.05) is 18.2 Å². The molecule has 0 saturated heterocycles. The molecule has 0 fully saturated rings. The Morgan fingerprint density at radius 2 is 2.14 bits per heavy atom. The molecule has 1 heterocycles. The lowest BCUT2D eigenvalue weighted by Crippen LogP contribution is -3.00. The second-order valence-corrected chi connectivity index (χ2v) is 6.03. The van der Waals surface area contributed by atoms with Crippen molar-refractivity contribution in [3.05, 3.63) is 46.1 Å². The number of para-hydroxylation sites is 1. The average molecular weight is 344 g/mol. The van der Waals surface area contributed by atoms with Crippen molar-refractivity contribution >= 4 is 28.6 Å². The number of quaternary nitrogens is 1. The van der Waals surface area contributed by atoms with E-state index in [4.69, 9.17) is 0 Å². The predicted octanol–water partition coefficient (Wildman–Crippen LogP) is -1.40. The van der Waals surface area contributed by atoms with Crippen molar-refractivity contribution in [3.63, 3.8) is 0 Å². The molecule has 0 radical (unpaired) electrons. The Labute approximate surface area is 138 Å². The number of aromatic nitrogens is 1. The van der Waals surface area contributed by atoms with Crippen molar-refractivity contribution < 1.29 is 27.9 Å². The number of nitrogens with zero attached hydrogens (tertiary/aromatic N) is 2. The summed E-state index contributed by atoms with van der Waals surface area (Å²) in [6.07, 6.45) is 1.73. The van der Waals surface area contributed by atoms with E-state index in [0.717, 1.165) is 22.2 Å². The first-order valence-electron chi connectivity index (χ1n) is 6.68. The van der Waals surface area contributed by atoms with Crippen molar-refractivity contribution in [3.8, 4) is 0 Å². The minimum absolute atomic E-state index is 0. The van der Waals surface area contributed by atoms with E-state index in [2.05, 4.69) is 5.73 Å². The number of hydrogen-bond donors (Lipinski definition) is 1. The molecular formula is C14H18ClN3O3S. The first-order chi connectivity index (χ1) is 10.0. The zero-order valence-corrected chi connectivity index (χ0v) is 13.8. The SMILES string of the molecule is CC(=O)n1cc(C(C[N+](=O)[O-])SCC[NH3+])c2ccccc21.[Cl-]. The first kappa shape index (κ1) is 18.5. The number of carbonyl (C=O) groups excluding carboxylic acids is 1. The van der Waals surface area contributed by atoms with E-state index < -0.39 is 0 Å². The maximum Gasteiger partial charge on any atom is 0.227 e. The number of fused-ring (bicyclic) bond motifs is 1. The highest BCUT2D eigenvalue weighted by Gasteiger charge is 2.23. The molecule has 3 N–H and O–H groups in total. The van der Waals surface area contributed by atoms with Gasteiger partial charge in [0.15, 0.2) is 0 Å². The minimum Gasteiger partial charge on any atom is -1.00 e. The smallest absolute Gasteiger partial charge is 0.227 e. The van der Waals surface area contributed by atoms with Crippen molar-refractivity contribution in [2.75, 3.05) is 18.8 Å². The summed E-state index contributed by atoms with van der Waals surface area (Å²) >= 11 is 1.51. The number of thioether (sulfide) groups is 1. The highest BCUT2D eigenvalue weighted by Crippen LogP contribution is 2.35. The average Bonchev–Trinajstić information content (AvgIpc) is 2.83. The summed E-state index contributed by atoms with van der Waals surface area (Å²) in [5.74, 6) is 0.650. The van der Waals surface area contributed by atoms with Gasteiger partial charge < -0.3 is 18.1 Å². The van der Waals surface area contributed by atoms with Gasteiger partial charge in [-0.25, -0.2) is 0 Å². The highest BCUT2D eigenvalue weighted by molar-refractivity contribution is 7.99. The van der Waals surface area contributed by atoms with Crippen LogP contribution in [0.4, 0.5) is 0 Å². The molecule has 0 saturated carbocycles. The van der Waals surface area contributed by atoms with Gasteiger partial charge in [-0.15, -0.1) is 11.8 Å². The Kier molecular flexibility index (Phi) is 6.86. The summed E-state index contributed by atoms with van der Waals surface area (Å²) in [6.45, 7) is 2.04. The third kappa shape index (κ3) is 4.00. The van der Waals surface area contributed by atoms with Crippen LogP contribution in [0.3, 0.4) is 0 Å². The Balaban J connectivity index is 0.00000242. The predicted molar refractivity (Wildman–Crippen MR) is 83.1 cm³/mol. The minimum atomic E-state index is -0.305. The van der Waals surface area contributed by atoms with Crippen LogP contribution < -0.4 is 18.1 Å². The molecule has 1 aromatic carbocycles. The zero-order chi connectivity index (χ0) is 15.4. The van der Waals surface area contributed by atoms with Crippen LogP contribution in [-0.2, 0) is 0 Å². The van der Waals surface area contributed by atoms with Crippen molar-refractivity contribution in [2.24, 2.45) is 0 Å². The van der Waals surface area contributed by atoms with Crippen molar-refractivity contribution in [1.29, 1.82) is 0 Å². The van der Waals surface area contributed by atoms with Crippen LogP contribution in [0.5, 0.6) is 0 Å². The summed E-state index contributed by atoms with van der Waals surface area (Å²) in [6, 6.07) is 7.50. The summed E-state index contributed by atoms with van der Waals surface area (Å²) in [4.78, 5) is 22.4. The summed E-state index contributed by atoms with van der Waals surface area (Å²) in [7, 11) is 0. The third-order valence-electron chi connectivity index (χ3n) is 3.21. The van der Waals surface area contributed by atoms with Crippen LogP contribution >= 0.6 is 11.8 Å². The number of halogens is 1. The van der Waals surface area contributed by atoms with Gasteiger partial charge in [-0.2, -0.15) is 0 Å². The van der Waals surface area contributed by atoms with E-state index in [-0.39, 0.29) is 35.0 Å². The lowest BCUT2D eigenvalue weighted by atomic mass is 10.1. The third-order valence-corrected chi connectivity index (χ3v) is 4.54. The number of carbonyl (C=O) groups is 1. The largest absolute Gasteiger partial charge is 1.00 e. The van der Waals surface area contributed by atoms with Gasteiger partial charge in [0.2, 0.25) is 12.5 Å². The number of benzene rings is 1. The van der Waals surface area contributed by atoms with Crippen LogP contribution in [0, 0.1) is 10.1 Å². The van der Waals surface area contributed by atoms with Gasteiger partial charge in [-0.05, 0) is 11.6 Å². The van der Waals surface area contributed by atoms with Crippen LogP contribution in [0.1, 0.15) is 22.5 Å². The van der Waals surface area contributed by atoms with Gasteiger partial charge in [-0.3, -0.25) is 19.5 Å². The molecule has 1 aromatic heterocycles. The molecule has 2 aromatic rings. The lowest BCUT2D eigenvalue weighted by molar-refractivity contribution is -0.479. The summed E-state index contributed by atoms with van der Waals surface area (Å²) < 4.78 is 1.56. The Hall–Kier alpha value is -1.57. The van der Waals surface area contributed by atoms with Gasteiger partial charge in [0.1, 0.15) is 0 Å². The molecule has 8 heteroatoms. The molecular weight excluding hydrogens is 326 g/mol.